The Hall–Kier alpha value is -1.08. The molecule has 0 fully saturated rings. The second-order valence-electron chi connectivity index (χ2n) is 3.23. The lowest BCUT2D eigenvalue weighted by atomic mass is 10.0. The van der Waals surface area contributed by atoms with Crippen LogP contribution in [-0.4, -0.2) is 0 Å². The smallest absolute Gasteiger partial charge is 0.0351 e. The first-order valence-corrected chi connectivity index (χ1v) is 5.17. The SMILES string of the molecule is Cc1ccc(C)c(-c2c[c]cs2)c1. The maximum Gasteiger partial charge on any atom is 0.0351 e. The Morgan fingerprint density at radius 2 is 2.08 bits per heavy atom. The third-order valence-electron chi connectivity index (χ3n) is 2.13. The summed E-state index contributed by atoms with van der Waals surface area (Å²) in [7, 11) is 0. The van der Waals surface area contributed by atoms with Gasteiger partial charge < -0.3 is 0 Å². The summed E-state index contributed by atoms with van der Waals surface area (Å²) in [5.41, 5.74) is 3.99. The van der Waals surface area contributed by atoms with Gasteiger partial charge in [0, 0.05) is 4.88 Å². The average Bonchev–Trinajstić information content (AvgIpc) is 2.61. The minimum absolute atomic E-state index is 1.31. The highest BCUT2D eigenvalue weighted by atomic mass is 32.1. The van der Waals surface area contributed by atoms with Gasteiger partial charge in [0.05, 0.1) is 0 Å². The highest BCUT2D eigenvalue weighted by molar-refractivity contribution is 7.13. The maximum atomic E-state index is 3.09. The Bertz CT molecular complexity index is 399. The summed E-state index contributed by atoms with van der Waals surface area (Å²) in [5, 5.41) is 2.00. The van der Waals surface area contributed by atoms with Crippen LogP contribution in [0, 0.1) is 19.9 Å². The molecule has 1 heteroatoms. The number of benzene rings is 1. The van der Waals surface area contributed by atoms with Crippen LogP contribution in [0.4, 0.5) is 0 Å². The summed E-state index contributed by atoms with van der Waals surface area (Å²) >= 11 is 1.74. The van der Waals surface area contributed by atoms with Crippen LogP contribution >= 0.6 is 11.3 Å². The molecule has 2 aromatic rings. The molecule has 0 aliphatic heterocycles. The van der Waals surface area contributed by atoms with Crippen LogP contribution in [0.15, 0.2) is 29.6 Å². The molecule has 0 aliphatic carbocycles. The van der Waals surface area contributed by atoms with Crippen molar-refractivity contribution < 1.29 is 0 Å². The number of thiophene rings is 1. The normalized spacial score (nSPS) is 10.3. The van der Waals surface area contributed by atoms with Crippen molar-refractivity contribution in [3.63, 3.8) is 0 Å². The fraction of sp³-hybridized carbons (Fsp3) is 0.167. The van der Waals surface area contributed by atoms with Gasteiger partial charge in [0.15, 0.2) is 0 Å². The summed E-state index contributed by atoms with van der Waals surface area (Å²) in [6.45, 7) is 4.27. The molecule has 0 saturated heterocycles. The van der Waals surface area contributed by atoms with Gasteiger partial charge in [0.2, 0.25) is 0 Å². The molecule has 0 saturated carbocycles. The Morgan fingerprint density at radius 1 is 1.23 bits per heavy atom. The Balaban J connectivity index is 2.57. The summed E-state index contributed by atoms with van der Waals surface area (Å²) < 4.78 is 0. The zero-order valence-electron chi connectivity index (χ0n) is 7.79. The molecule has 0 unspecified atom stereocenters. The first-order valence-electron chi connectivity index (χ1n) is 4.29. The molecule has 0 bridgehead atoms. The van der Waals surface area contributed by atoms with E-state index in [4.69, 9.17) is 0 Å². The fourth-order valence-electron chi connectivity index (χ4n) is 1.38. The van der Waals surface area contributed by atoms with Gasteiger partial charge in [-0.15, -0.1) is 11.3 Å². The second kappa shape index (κ2) is 3.35. The van der Waals surface area contributed by atoms with Crippen molar-refractivity contribution in [3.8, 4) is 10.4 Å². The first kappa shape index (κ1) is 8.52. The van der Waals surface area contributed by atoms with Crippen LogP contribution in [0.25, 0.3) is 10.4 Å². The Kier molecular flexibility index (Phi) is 2.19. The Labute approximate surface area is 82.9 Å². The molecule has 1 aromatic carbocycles. The van der Waals surface area contributed by atoms with Crippen molar-refractivity contribution >= 4 is 11.3 Å². The molecular formula is C12H11S. The van der Waals surface area contributed by atoms with Crippen LogP contribution in [0.5, 0.6) is 0 Å². The quantitative estimate of drug-likeness (QED) is 0.636. The van der Waals surface area contributed by atoms with Crippen molar-refractivity contribution in [3.05, 3.63) is 46.8 Å². The second-order valence-corrected chi connectivity index (χ2v) is 4.14. The molecule has 2 rings (SSSR count). The number of aryl methyl sites for hydroxylation is 2. The van der Waals surface area contributed by atoms with Crippen LogP contribution in [0.1, 0.15) is 11.1 Å². The molecule has 0 spiro atoms. The van der Waals surface area contributed by atoms with Gasteiger partial charge >= 0.3 is 0 Å². The molecular weight excluding hydrogens is 176 g/mol. The molecule has 1 heterocycles. The lowest BCUT2D eigenvalue weighted by molar-refractivity contribution is 1.40. The lowest BCUT2D eigenvalue weighted by Gasteiger charge is -2.03. The van der Waals surface area contributed by atoms with Gasteiger partial charge in [-0.05, 0) is 42.5 Å². The third kappa shape index (κ3) is 1.65. The number of hydrogen-bond acceptors (Lipinski definition) is 1. The van der Waals surface area contributed by atoms with Gasteiger partial charge in [0.1, 0.15) is 0 Å². The monoisotopic (exact) mass is 187 g/mol. The van der Waals surface area contributed by atoms with Crippen molar-refractivity contribution in [2.75, 3.05) is 0 Å². The molecule has 1 radical (unpaired) electrons. The van der Waals surface area contributed by atoms with E-state index >= 15 is 0 Å². The summed E-state index contributed by atoms with van der Waals surface area (Å²) in [6, 6.07) is 11.7. The molecule has 65 valence electrons. The molecule has 0 atom stereocenters. The summed E-state index contributed by atoms with van der Waals surface area (Å²) in [6.07, 6.45) is 0. The topological polar surface area (TPSA) is 0 Å². The van der Waals surface area contributed by atoms with E-state index in [1.165, 1.54) is 21.6 Å². The van der Waals surface area contributed by atoms with E-state index in [1.54, 1.807) is 11.3 Å². The number of rotatable bonds is 1. The van der Waals surface area contributed by atoms with Crippen molar-refractivity contribution in [2.45, 2.75) is 13.8 Å². The van der Waals surface area contributed by atoms with E-state index < -0.39 is 0 Å². The zero-order chi connectivity index (χ0) is 9.26. The molecule has 0 nitrogen and oxygen atoms in total. The molecule has 0 N–H and O–H groups in total. The summed E-state index contributed by atoms with van der Waals surface area (Å²) in [4.78, 5) is 1.31. The highest BCUT2D eigenvalue weighted by Gasteiger charge is 2.02. The van der Waals surface area contributed by atoms with Gasteiger partial charge in [-0.25, -0.2) is 0 Å². The fourth-order valence-corrected chi connectivity index (χ4v) is 2.13. The van der Waals surface area contributed by atoms with Gasteiger partial charge in [0.25, 0.3) is 0 Å². The first-order chi connectivity index (χ1) is 6.27. The molecule has 0 amide bonds. The van der Waals surface area contributed by atoms with E-state index in [1.807, 2.05) is 11.4 Å². The predicted molar refractivity (Wildman–Crippen MR) is 58.1 cm³/mol. The number of hydrogen-bond donors (Lipinski definition) is 0. The molecule has 1 aromatic heterocycles. The van der Waals surface area contributed by atoms with E-state index in [9.17, 15) is 0 Å². The van der Waals surface area contributed by atoms with E-state index in [2.05, 4.69) is 38.1 Å². The standard InChI is InChI=1S/C12H11S/c1-9-5-6-10(2)11(8-9)12-4-3-7-13-12/h4-8H,1-2H3. The largest absolute Gasteiger partial charge is 0.143 e. The van der Waals surface area contributed by atoms with Crippen molar-refractivity contribution in [1.82, 2.24) is 0 Å². The summed E-state index contributed by atoms with van der Waals surface area (Å²) in [5.74, 6) is 0. The predicted octanol–water partition coefficient (Wildman–Crippen LogP) is 3.83. The van der Waals surface area contributed by atoms with Crippen LogP contribution in [0.2, 0.25) is 0 Å². The third-order valence-corrected chi connectivity index (χ3v) is 2.97. The maximum absolute atomic E-state index is 3.09. The zero-order valence-corrected chi connectivity index (χ0v) is 8.61. The highest BCUT2D eigenvalue weighted by Crippen LogP contribution is 2.27. The lowest BCUT2D eigenvalue weighted by Crippen LogP contribution is -1.81. The van der Waals surface area contributed by atoms with Gasteiger partial charge in [-0.3, -0.25) is 0 Å². The van der Waals surface area contributed by atoms with Gasteiger partial charge in [-0.2, -0.15) is 0 Å². The Morgan fingerprint density at radius 3 is 2.77 bits per heavy atom. The minimum atomic E-state index is 1.31. The van der Waals surface area contributed by atoms with Crippen LogP contribution < -0.4 is 0 Å². The van der Waals surface area contributed by atoms with E-state index in [0.29, 0.717) is 0 Å². The van der Waals surface area contributed by atoms with Crippen LogP contribution in [-0.2, 0) is 0 Å². The average molecular weight is 187 g/mol. The van der Waals surface area contributed by atoms with Gasteiger partial charge in [-0.1, -0.05) is 23.8 Å². The molecule has 13 heavy (non-hydrogen) atoms. The van der Waals surface area contributed by atoms with E-state index in [-0.39, 0.29) is 0 Å². The van der Waals surface area contributed by atoms with E-state index in [0.717, 1.165) is 0 Å². The molecule has 0 aliphatic rings. The van der Waals surface area contributed by atoms with Crippen LogP contribution in [0.3, 0.4) is 0 Å². The van der Waals surface area contributed by atoms with Crippen molar-refractivity contribution in [1.29, 1.82) is 0 Å². The minimum Gasteiger partial charge on any atom is -0.143 e. The van der Waals surface area contributed by atoms with Crippen molar-refractivity contribution in [2.24, 2.45) is 0 Å².